The van der Waals surface area contributed by atoms with Gasteiger partial charge in [0.15, 0.2) is 6.10 Å². The molecule has 0 spiro atoms. The summed E-state index contributed by atoms with van der Waals surface area (Å²) in [6.45, 7) is 0.0838. The molecule has 0 aliphatic heterocycles. The lowest BCUT2D eigenvalue weighted by atomic mass is 10.2. The molecule has 8 nitrogen and oxygen atoms in total. The number of carbonyl (C=O) groups excluding carboxylic acids is 1. The van der Waals surface area contributed by atoms with E-state index in [-0.39, 0.29) is 24.8 Å². The van der Waals surface area contributed by atoms with Crippen molar-refractivity contribution in [3.63, 3.8) is 0 Å². The quantitative estimate of drug-likeness (QED) is 0.302. The normalized spacial score (nSPS) is 12.9. The highest BCUT2D eigenvalue weighted by Gasteiger charge is 2.18. The Morgan fingerprint density at radius 3 is 2.30 bits per heavy atom. The average molecular weight is 332 g/mol. The molecule has 5 N–H and O–H groups in total. The summed E-state index contributed by atoms with van der Waals surface area (Å²) in [6.07, 6.45) is -1.85. The maximum absolute atomic E-state index is 11.0. The number of aliphatic hydroxyl groups excluding tert-OH is 1. The van der Waals surface area contributed by atoms with Crippen molar-refractivity contribution in [3.05, 3.63) is 0 Å². The van der Waals surface area contributed by atoms with E-state index >= 15 is 0 Å². The summed E-state index contributed by atoms with van der Waals surface area (Å²) in [7, 11) is 0. The first-order valence-electron chi connectivity index (χ1n) is 5.47. The summed E-state index contributed by atoms with van der Waals surface area (Å²) >= 11 is 1.32. The molecule has 118 valence electrons. The highest BCUT2D eigenvalue weighted by Crippen LogP contribution is 2.05. The first kappa shape index (κ1) is 21.3. The van der Waals surface area contributed by atoms with Gasteiger partial charge in [0.05, 0.1) is 13.0 Å². The first-order chi connectivity index (χ1) is 8.84. The van der Waals surface area contributed by atoms with E-state index in [1.54, 1.807) is 0 Å². The highest BCUT2D eigenvalue weighted by molar-refractivity contribution is 7.99. The molecule has 0 rings (SSSR count). The zero-order valence-corrected chi connectivity index (χ0v) is 12.2. The van der Waals surface area contributed by atoms with Crippen LogP contribution in [0.25, 0.3) is 0 Å². The molecular weight excluding hydrogens is 314 g/mol. The second kappa shape index (κ2) is 11.8. The molecule has 0 aromatic heterocycles. The van der Waals surface area contributed by atoms with Gasteiger partial charge in [-0.15, -0.1) is 12.4 Å². The summed E-state index contributed by atoms with van der Waals surface area (Å²) in [5.41, 5.74) is 5.27. The lowest BCUT2D eigenvalue weighted by Crippen LogP contribution is -2.32. The molecule has 0 aromatic carbocycles. The van der Waals surface area contributed by atoms with E-state index in [4.69, 9.17) is 25.8 Å². The Morgan fingerprint density at radius 2 is 1.80 bits per heavy atom. The molecule has 0 bridgehead atoms. The summed E-state index contributed by atoms with van der Waals surface area (Å²) in [5, 5.41) is 25.7. The van der Waals surface area contributed by atoms with E-state index in [1.165, 1.54) is 11.8 Å². The van der Waals surface area contributed by atoms with E-state index in [1.807, 2.05) is 0 Å². The number of thioether (sulfide) groups is 1. The van der Waals surface area contributed by atoms with E-state index in [0.29, 0.717) is 12.2 Å². The van der Waals surface area contributed by atoms with Gasteiger partial charge in [-0.1, -0.05) is 0 Å². The predicted octanol–water partition coefficient (Wildman–Crippen LogP) is -0.678. The van der Waals surface area contributed by atoms with Crippen LogP contribution in [0.3, 0.4) is 0 Å². The van der Waals surface area contributed by atoms with E-state index in [9.17, 15) is 14.4 Å². The van der Waals surface area contributed by atoms with Gasteiger partial charge in [-0.25, -0.2) is 4.79 Å². The zero-order valence-electron chi connectivity index (χ0n) is 10.6. The summed E-state index contributed by atoms with van der Waals surface area (Å²) < 4.78 is 4.69. The number of carboxylic acid groups (broad SMARTS) is 2. The molecule has 0 saturated heterocycles. The molecule has 1 unspecified atom stereocenters. The number of nitrogens with two attached hydrogens (primary N) is 1. The monoisotopic (exact) mass is 331 g/mol. The fourth-order valence-electron chi connectivity index (χ4n) is 0.933. The number of aliphatic carboxylic acids is 2. The third kappa shape index (κ3) is 10.9. The minimum Gasteiger partial charge on any atom is -0.480 e. The molecular formula is C10H18ClNO7S. The average Bonchev–Trinajstić information content (AvgIpc) is 2.32. The van der Waals surface area contributed by atoms with Gasteiger partial charge in [-0.3, -0.25) is 9.59 Å². The fraction of sp³-hybridized carbons (Fsp3) is 0.700. The lowest BCUT2D eigenvalue weighted by Gasteiger charge is -2.07. The van der Waals surface area contributed by atoms with Crippen LogP contribution in [0.4, 0.5) is 0 Å². The van der Waals surface area contributed by atoms with Gasteiger partial charge in [-0.2, -0.15) is 11.8 Å². The molecule has 10 heteroatoms. The van der Waals surface area contributed by atoms with Gasteiger partial charge in [0.1, 0.15) is 6.04 Å². The van der Waals surface area contributed by atoms with Gasteiger partial charge < -0.3 is 25.8 Å². The minimum absolute atomic E-state index is 0. The maximum atomic E-state index is 11.0. The Kier molecular flexibility index (Phi) is 12.5. The van der Waals surface area contributed by atoms with Crippen LogP contribution >= 0.6 is 24.2 Å². The standard InChI is InChI=1S/C10H17NO7S.ClH/c11-6(9(14)15)5-19-3-1-2-18-8(13)4-7(12)10(16)17;/h6-7,12H,1-5,11H2,(H,14,15)(H,16,17);1H/t6-,7?;/m0./s1. The Balaban J connectivity index is 0. The van der Waals surface area contributed by atoms with Gasteiger partial charge in [0, 0.05) is 5.75 Å². The molecule has 20 heavy (non-hydrogen) atoms. The van der Waals surface area contributed by atoms with Crippen LogP contribution < -0.4 is 5.73 Å². The van der Waals surface area contributed by atoms with Crippen LogP contribution in [0.5, 0.6) is 0 Å². The zero-order chi connectivity index (χ0) is 14.8. The summed E-state index contributed by atoms with van der Waals surface area (Å²) in [6, 6.07) is -0.918. The van der Waals surface area contributed by atoms with Crippen LogP contribution in [0, 0.1) is 0 Å². The van der Waals surface area contributed by atoms with Crippen molar-refractivity contribution in [1.29, 1.82) is 0 Å². The second-order valence-corrected chi connectivity index (χ2v) is 4.80. The minimum atomic E-state index is -1.75. The number of rotatable bonds is 10. The summed E-state index contributed by atoms with van der Waals surface area (Å²) in [4.78, 5) is 31.7. The van der Waals surface area contributed by atoms with Crippen molar-refractivity contribution < 1.29 is 34.4 Å². The van der Waals surface area contributed by atoms with Gasteiger partial charge in [0.2, 0.25) is 0 Å². The van der Waals surface area contributed by atoms with Gasteiger partial charge in [0.25, 0.3) is 0 Å². The van der Waals surface area contributed by atoms with E-state index in [0.717, 1.165) is 0 Å². The number of hydrogen-bond donors (Lipinski definition) is 4. The maximum Gasteiger partial charge on any atom is 0.333 e. The molecule has 0 aliphatic carbocycles. The topological polar surface area (TPSA) is 147 Å². The van der Waals surface area contributed by atoms with Crippen molar-refractivity contribution in [2.75, 3.05) is 18.1 Å². The highest BCUT2D eigenvalue weighted by atomic mass is 35.5. The Labute approximate surface area is 126 Å². The summed E-state index contributed by atoms with van der Waals surface area (Å²) in [5.74, 6) is -2.50. The molecule has 0 saturated carbocycles. The van der Waals surface area contributed by atoms with Crippen LogP contribution in [-0.2, 0) is 19.1 Å². The van der Waals surface area contributed by atoms with Crippen molar-refractivity contribution in [2.24, 2.45) is 5.73 Å². The van der Waals surface area contributed by atoms with E-state index < -0.39 is 36.5 Å². The molecule has 0 radical (unpaired) electrons. The number of carbonyl (C=O) groups is 3. The Morgan fingerprint density at radius 1 is 1.20 bits per heavy atom. The molecule has 0 aliphatic rings. The number of ether oxygens (including phenoxy) is 1. The number of hydrogen-bond acceptors (Lipinski definition) is 7. The van der Waals surface area contributed by atoms with Gasteiger partial charge >= 0.3 is 17.9 Å². The van der Waals surface area contributed by atoms with Crippen molar-refractivity contribution in [2.45, 2.75) is 25.0 Å². The first-order valence-corrected chi connectivity index (χ1v) is 6.62. The predicted molar refractivity (Wildman–Crippen MR) is 74.0 cm³/mol. The SMILES string of the molecule is Cl.N[C@@H](CSCCCOC(=O)CC(O)C(=O)O)C(=O)O. The number of esters is 1. The van der Waals surface area contributed by atoms with Crippen molar-refractivity contribution in [1.82, 2.24) is 0 Å². The van der Waals surface area contributed by atoms with Crippen LogP contribution in [0.2, 0.25) is 0 Å². The Bertz CT molecular complexity index is 329. The number of aliphatic hydroxyl groups is 1. The smallest absolute Gasteiger partial charge is 0.333 e. The van der Waals surface area contributed by atoms with Crippen LogP contribution in [0.15, 0.2) is 0 Å². The molecule has 0 heterocycles. The fourth-order valence-corrected chi connectivity index (χ4v) is 1.82. The molecule has 0 aromatic rings. The number of carboxylic acids is 2. The lowest BCUT2D eigenvalue weighted by molar-refractivity contribution is -0.155. The van der Waals surface area contributed by atoms with Crippen LogP contribution in [-0.4, -0.2) is 63.5 Å². The molecule has 0 amide bonds. The second-order valence-electron chi connectivity index (χ2n) is 3.65. The molecule has 0 fully saturated rings. The van der Waals surface area contributed by atoms with Crippen LogP contribution in [0.1, 0.15) is 12.8 Å². The third-order valence-corrected chi connectivity index (χ3v) is 3.13. The third-order valence-electron chi connectivity index (χ3n) is 1.96. The largest absolute Gasteiger partial charge is 0.480 e. The van der Waals surface area contributed by atoms with Gasteiger partial charge in [-0.05, 0) is 12.2 Å². The number of halogens is 1. The van der Waals surface area contributed by atoms with Crippen molar-refractivity contribution >= 4 is 42.1 Å². The van der Waals surface area contributed by atoms with E-state index in [2.05, 4.69) is 0 Å². The Hall–Kier alpha value is -1.03. The molecule has 2 atom stereocenters. The van der Waals surface area contributed by atoms with Crippen molar-refractivity contribution in [3.8, 4) is 0 Å².